The van der Waals surface area contributed by atoms with Gasteiger partial charge in [0.1, 0.15) is 5.82 Å². The van der Waals surface area contributed by atoms with E-state index in [0.717, 1.165) is 18.9 Å². The fourth-order valence-corrected chi connectivity index (χ4v) is 4.31. The molecule has 5 rings (SSSR count). The third kappa shape index (κ3) is 3.54. The molecule has 2 fully saturated rings. The molecule has 2 aliphatic heterocycles. The summed E-state index contributed by atoms with van der Waals surface area (Å²) in [7, 11) is 0. The van der Waals surface area contributed by atoms with Gasteiger partial charge in [-0.15, -0.1) is 17.5 Å². The molecule has 8 nitrogen and oxygen atoms in total. The molecule has 3 aromatic heterocycles. The summed E-state index contributed by atoms with van der Waals surface area (Å²) in [6.45, 7) is 4.53. The molecule has 0 radical (unpaired) electrons. The maximum absolute atomic E-state index is 6.16. The Morgan fingerprint density at radius 1 is 1.04 bits per heavy atom. The lowest BCUT2D eigenvalue weighted by Crippen LogP contribution is -2.47. The monoisotopic (exact) mass is 403 g/mol. The van der Waals surface area contributed by atoms with Crippen molar-refractivity contribution in [3.05, 3.63) is 24.5 Å². The summed E-state index contributed by atoms with van der Waals surface area (Å²) in [5, 5.41) is 4.41. The molecule has 0 aliphatic carbocycles. The number of aromatic nitrogens is 4. The van der Waals surface area contributed by atoms with E-state index in [2.05, 4.69) is 24.9 Å². The Hall–Kier alpha value is -2.32. The molecule has 0 spiro atoms. The van der Waals surface area contributed by atoms with Gasteiger partial charge in [-0.2, -0.15) is 9.50 Å². The Morgan fingerprint density at radius 3 is 2.54 bits per heavy atom. The molecule has 0 amide bonds. The van der Waals surface area contributed by atoms with Crippen LogP contribution in [-0.4, -0.2) is 56.7 Å². The number of hydrogen-bond acceptors (Lipinski definition) is 7. The number of fused-ring (bicyclic) bond motifs is 1. The highest BCUT2D eigenvalue weighted by atomic mass is 35.5. The van der Waals surface area contributed by atoms with Crippen molar-refractivity contribution in [3.63, 3.8) is 0 Å². The maximum atomic E-state index is 6.16. The summed E-state index contributed by atoms with van der Waals surface area (Å²) >= 11 is 0. The van der Waals surface area contributed by atoms with Crippen LogP contribution in [0.5, 0.6) is 0 Å². The van der Waals surface area contributed by atoms with Gasteiger partial charge in [0.15, 0.2) is 11.4 Å². The smallest absolute Gasteiger partial charge is 0.225 e. The van der Waals surface area contributed by atoms with Crippen LogP contribution in [0.3, 0.4) is 0 Å². The number of nitrogen functional groups attached to an aromatic ring is 1. The molecule has 150 valence electrons. The Kier molecular flexibility index (Phi) is 5.41. The predicted octanol–water partition coefficient (Wildman–Crippen LogP) is 2.84. The van der Waals surface area contributed by atoms with Gasteiger partial charge in [-0.3, -0.25) is 0 Å². The van der Waals surface area contributed by atoms with Crippen LogP contribution in [0.25, 0.3) is 17.2 Å². The standard InChI is InChI=1S/C19H25N7O.ClH/c20-19-22-16(13-17-21-18(23-26(17)19)15-5-4-12-27-15)25-10-6-14(7-11-25)24-8-2-1-3-9-24;/h4-5,12-14H,1-3,6-11H2,(H2,20,22);1H. The van der Waals surface area contributed by atoms with Crippen LogP contribution < -0.4 is 10.6 Å². The summed E-state index contributed by atoms with van der Waals surface area (Å²) in [5.74, 6) is 2.39. The SMILES string of the molecule is Cl.Nc1nc(N2CCC(N3CCCCC3)CC2)cc2nc(-c3ccco3)nn12. The predicted molar refractivity (Wildman–Crippen MR) is 111 cm³/mol. The van der Waals surface area contributed by atoms with E-state index in [1.807, 2.05) is 18.2 Å². The van der Waals surface area contributed by atoms with E-state index in [-0.39, 0.29) is 12.4 Å². The highest BCUT2D eigenvalue weighted by molar-refractivity contribution is 5.85. The Labute approximate surface area is 170 Å². The maximum Gasteiger partial charge on any atom is 0.225 e. The van der Waals surface area contributed by atoms with Crippen LogP contribution >= 0.6 is 12.4 Å². The molecule has 5 heterocycles. The van der Waals surface area contributed by atoms with E-state index in [4.69, 9.17) is 10.2 Å². The van der Waals surface area contributed by atoms with Gasteiger partial charge in [0.2, 0.25) is 11.8 Å². The van der Waals surface area contributed by atoms with Gasteiger partial charge < -0.3 is 20.0 Å². The average Bonchev–Trinajstić information content (AvgIpc) is 3.38. The fraction of sp³-hybridized carbons (Fsp3) is 0.526. The number of likely N-dealkylation sites (tertiary alicyclic amines) is 1. The topological polar surface area (TPSA) is 88.7 Å². The molecule has 2 aliphatic rings. The van der Waals surface area contributed by atoms with Crippen molar-refractivity contribution < 1.29 is 4.42 Å². The number of furan rings is 1. The van der Waals surface area contributed by atoms with Crippen LogP contribution in [-0.2, 0) is 0 Å². The molecule has 0 unspecified atom stereocenters. The summed E-state index contributed by atoms with van der Waals surface area (Å²) in [6, 6.07) is 6.34. The first-order valence-electron chi connectivity index (χ1n) is 9.84. The van der Waals surface area contributed by atoms with Crippen LogP contribution in [0.4, 0.5) is 11.8 Å². The molecule has 0 aromatic carbocycles. The second-order valence-electron chi connectivity index (χ2n) is 7.47. The zero-order chi connectivity index (χ0) is 18.2. The minimum atomic E-state index is 0. The lowest BCUT2D eigenvalue weighted by Gasteiger charge is -2.40. The lowest BCUT2D eigenvalue weighted by molar-refractivity contribution is 0.141. The first kappa shape index (κ1) is 19.0. The third-order valence-corrected chi connectivity index (χ3v) is 5.77. The molecule has 9 heteroatoms. The fourth-order valence-electron chi connectivity index (χ4n) is 4.31. The molecule has 28 heavy (non-hydrogen) atoms. The van der Waals surface area contributed by atoms with Gasteiger partial charge in [-0.05, 0) is 50.9 Å². The minimum Gasteiger partial charge on any atom is -0.461 e. The Balaban J connectivity index is 0.00000192. The molecule has 0 bridgehead atoms. The van der Waals surface area contributed by atoms with Crippen LogP contribution in [0.1, 0.15) is 32.1 Å². The minimum absolute atomic E-state index is 0. The second-order valence-corrected chi connectivity index (χ2v) is 7.47. The first-order chi connectivity index (χ1) is 13.3. The molecule has 2 saturated heterocycles. The van der Waals surface area contributed by atoms with E-state index >= 15 is 0 Å². The summed E-state index contributed by atoms with van der Waals surface area (Å²) in [5.41, 5.74) is 6.85. The van der Waals surface area contributed by atoms with E-state index in [1.165, 1.54) is 45.2 Å². The van der Waals surface area contributed by atoms with Crippen LogP contribution in [0.15, 0.2) is 28.9 Å². The molecular weight excluding hydrogens is 378 g/mol. The van der Waals surface area contributed by atoms with Gasteiger partial charge in [0, 0.05) is 25.2 Å². The number of hydrogen-bond donors (Lipinski definition) is 1. The Bertz CT molecular complexity index is 912. The number of piperidine rings is 2. The normalized spacial score (nSPS) is 19.1. The molecular formula is C19H26ClN7O. The molecule has 3 aromatic rings. The Morgan fingerprint density at radius 2 is 1.82 bits per heavy atom. The first-order valence-corrected chi connectivity index (χ1v) is 9.84. The van der Waals surface area contributed by atoms with E-state index in [1.54, 1.807) is 10.8 Å². The van der Waals surface area contributed by atoms with Crippen molar-refractivity contribution in [2.24, 2.45) is 0 Å². The summed E-state index contributed by atoms with van der Waals surface area (Å²) in [4.78, 5) is 14.1. The van der Waals surface area contributed by atoms with Gasteiger partial charge in [0.25, 0.3) is 0 Å². The third-order valence-electron chi connectivity index (χ3n) is 5.77. The van der Waals surface area contributed by atoms with Gasteiger partial charge in [0.05, 0.1) is 6.26 Å². The quantitative estimate of drug-likeness (QED) is 0.719. The van der Waals surface area contributed by atoms with Gasteiger partial charge in [-0.25, -0.2) is 4.98 Å². The number of rotatable bonds is 3. The zero-order valence-electron chi connectivity index (χ0n) is 15.8. The van der Waals surface area contributed by atoms with Gasteiger partial charge in [-0.1, -0.05) is 6.42 Å². The molecule has 0 atom stereocenters. The van der Waals surface area contributed by atoms with E-state index in [9.17, 15) is 0 Å². The van der Waals surface area contributed by atoms with Crippen molar-refractivity contribution >= 4 is 29.8 Å². The number of nitrogens with zero attached hydrogens (tertiary/aromatic N) is 6. The van der Waals surface area contributed by atoms with E-state index < -0.39 is 0 Å². The lowest BCUT2D eigenvalue weighted by atomic mass is 10.00. The summed E-state index contributed by atoms with van der Waals surface area (Å²) in [6.07, 6.45) is 8.05. The van der Waals surface area contributed by atoms with Gasteiger partial charge >= 0.3 is 0 Å². The molecule has 0 saturated carbocycles. The van der Waals surface area contributed by atoms with Crippen molar-refractivity contribution in [2.75, 3.05) is 36.8 Å². The average molecular weight is 404 g/mol. The molecule has 2 N–H and O–H groups in total. The van der Waals surface area contributed by atoms with Crippen molar-refractivity contribution in [2.45, 2.75) is 38.1 Å². The summed E-state index contributed by atoms with van der Waals surface area (Å²) < 4.78 is 6.96. The second kappa shape index (κ2) is 7.97. The largest absolute Gasteiger partial charge is 0.461 e. The van der Waals surface area contributed by atoms with Crippen molar-refractivity contribution in [1.29, 1.82) is 0 Å². The highest BCUT2D eigenvalue weighted by Gasteiger charge is 2.26. The van der Waals surface area contributed by atoms with Crippen LogP contribution in [0, 0.1) is 0 Å². The van der Waals surface area contributed by atoms with Crippen LogP contribution in [0.2, 0.25) is 0 Å². The zero-order valence-corrected chi connectivity index (χ0v) is 16.6. The number of halogens is 1. The number of nitrogens with two attached hydrogens (primary N) is 1. The van der Waals surface area contributed by atoms with Crippen molar-refractivity contribution in [1.82, 2.24) is 24.5 Å². The van der Waals surface area contributed by atoms with E-state index in [0.29, 0.717) is 29.2 Å². The number of anilines is 2. The van der Waals surface area contributed by atoms with Crippen molar-refractivity contribution in [3.8, 4) is 11.6 Å². The highest BCUT2D eigenvalue weighted by Crippen LogP contribution is 2.26.